The van der Waals surface area contributed by atoms with Crippen molar-refractivity contribution >= 4 is 23.2 Å². The molecule has 0 fully saturated rings. The first-order valence-corrected chi connectivity index (χ1v) is 8.36. The van der Waals surface area contributed by atoms with Crippen molar-refractivity contribution in [3.8, 4) is 11.5 Å². The van der Waals surface area contributed by atoms with Crippen LogP contribution >= 0.6 is 11.6 Å². The van der Waals surface area contributed by atoms with Gasteiger partial charge >= 0.3 is 0 Å². The Morgan fingerprint density at radius 1 is 1.16 bits per heavy atom. The number of rotatable bonds is 8. The van der Waals surface area contributed by atoms with E-state index >= 15 is 0 Å². The normalized spacial score (nSPS) is 10.6. The van der Waals surface area contributed by atoms with E-state index in [4.69, 9.17) is 25.8 Å². The van der Waals surface area contributed by atoms with Crippen LogP contribution in [0.1, 0.15) is 24.2 Å². The van der Waals surface area contributed by atoms with Gasteiger partial charge in [0.15, 0.2) is 0 Å². The van der Waals surface area contributed by atoms with Gasteiger partial charge in [0, 0.05) is 18.4 Å². The molecule has 0 atom stereocenters. The van der Waals surface area contributed by atoms with Gasteiger partial charge in [0.05, 0.1) is 17.7 Å². The molecule has 0 aromatic heterocycles. The van der Waals surface area contributed by atoms with Crippen LogP contribution in [0.5, 0.6) is 11.5 Å². The second kappa shape index (κ2) is 9.30. The summed E-state index contributed by atoms with van der Waals surface area (Å²) in [6, 6.07) is 12.1. The molecule has 2 aromatic carbocycles. The Balaban J connectivity index is 2.04. The molecule has 25 heavy (non-hydrogen) atoms. The molecule has 0 heterocycles. The lowest BCUT2D eigenvalue weighted by atomic mass is 10.2. The number of hydrogen-bond donors (Lipinski definition) is 1. The number of methoxy groups -OCH3 is 1. The summed E-state index contributed by atoms with van der Waals surface area (Å²) in [7, 11) is 1.61. The highest BCUT2D eigenvalue weighted by Gasteiger charge is 2.10. The van der Waals surface area contributed by atoms with E-state index in [9.17, 15) is 4.79 Å². The Morgan fingerprint density at radius 2 is 1.96 bits per heavy atom. The fraction of sp³-hybridized carbons (Fsp3) is 0.316. The maximum absolute atomic E-state index is 12.4. The zero-order chi connectivity index (χ0) is 18.2. The molecule has 0 aliphatic carbocycles. The zero-order valence-electron chi connectivity index (χ0n) is 14.5. The van der Waals surface area contributed by atoms with Gasteiger partial charge in [-0.2, -0.15) is 0 Å². The summed E-state index contributed by atoms with van der Waals surface area (Å²) in [5.74, 6) is 0.956. The van der Waals surface area contributed by atoms with Gasteiger partial charge in [-0.05, 0) is 50.2 Å². The van der Waals surface area contributed by atoms with Crippen molar-refractivity contribution in [3.63, 3.8) is 0 Å². The minimum atomic E-state index is -0.245. The van der Waals surface area contributed by atoms with Crippen molar-refractivity contribution in [2.75, 3.05) is 25.6 Å². The molecule has 1 N–H and O–H groups in total. The monoisotopic (exact) mass is 363 g/mol. The van der Waals surface area contributed by atoms with E-state index in [0.717, 1.165) is 0 Å². The van der Waals surface area contributed by atoms with Gasteiger partial charge < -0.3 is 19.5 Å². The highest BCUT2D eigenvalue weighted by molar-refractivity contribution is 6.32. The molecule has 0 spiro atoms. The molecule has 0 radical (unpaired) electrons. The lowest BCUT2D eigenvalue weighted by Gasteiger charge is -2.13. The predicted octanol–water partition coefficient (Wildman–Crippen LogP) is 4.40. The molecule has 1 amide bonds. The standard InChI is InChI=1S/C19H22ClNO4/c1-13(2)25-18-8-7-15(12-17(18)20)21-19(22)14-5-4-6-16(11-14)24-10-9-23-3/h4-8,11-13H,9-10H2,1-3H3,(H,21,22). The van der Waals surface area contributed by atoms with Crippen LogP contribution in [0.15, 0.2) is 42.5 Å². The van der Waals surface area contributed by atoms with Gasteiger partial charge in [0.1, 0.15) is 18.1 Å². The van der Waals surface area contributed by atoms with Crippen molar-refractivity contribution in [1.82, 2.24) is 0 Å². The van der Waals surface area contributed by atoms with Gasteiger partial charge in [-0.25, -0.2) is 0 Å². The van der Waals surface area contributed by atoms with Gasteiger partial charge in [-0.1, -0.05) is 17.7 Å². The Kier molecular flexibility index (Phi) is 7.10. The van der Waals surface area contributed by atoms with Crippen LogP contribution in [0, 0.1) is 0 Å². The Morgan fingerprint density at radius 3 is 2.64 bits per heavy atom. The van der Waals surface area contributed by atoms with E-state index in [1.54, 1.807) is 49.6 Å². The van der Waals surface area contributed by atoms with Gasteiger partial charge in [0.25, 0.3) is 5.91 Å². The van der Waals surface area contributed by atoms with Crippen LogP contribution in [0.3, 0.4) is 0 Å². The van der Waals surface area contributed by atoms with Crippen molar-refractivity contribution in [2.24, 2.45) is 0 Å². The quantitative estimate of drug-likeness (QED) is 0.706. The number of anilines is 1. The first-order chi connectivity index (χ1) is 12.0. The third-order valence-electron chi connectivity index (χ3n) is 3.20. The molecule has 134 valence electrons. The summed E-state index contributed by atoms with van der Waals surface area (Å²) in [5.41, 5.74) is 1.09. The molecule has 2 aromatic rings. The molecule has 0 unspecified atom stereocenters. The Hall–Kier alpha value is -2.24. The van der Waals surface area contributed by atoms with Gasteiger partial charge in [-0.3, -0.25) is 4.79 Å². The van der Waals surface area contributed by atoms with E-state index in [0.29, 0.717) is 41.0 Å². The fourth-order valence-corrected chi connectivity index (χ4v) is 2.33. The maximum atomic E-state index is 12.4. The van der Waals surface area contributed by atoms with E-state index in [1.165, 1.54) is 0 Å². The molecule has 0 bridgehead atoms. The molecule has 0 aliphatic heterocycles. The van der Waals surface area contributed by atoms with Gasteiger partial charge in [0.2, 0.25) is 0 Å². The van der Waals surface area contributed by atoms with Crippen molar-refractivity contribution < 1.29 is 19.0 Å². The minimum Gasteiger partial charge on any atom is -0.491 e. The van der Waals surface area contributed by atoms with Crippen LogP contribution in [0.2, 0.25) is 5.02 Å². The number of carbonyl (C=O) groups excluding carboxylic acids is 1. The Labute approximate surface area is 152 Å². The third kappa shape index (κ3) is 5.96. The zero-order valence-corrected chi connectivity index (χ0v) is 15.3. The van der Waals surface area contributed by atoms with Crippen molar-refractivity contribution in [1.29, 1.82) is 0 Å². The fourth-order valence-electron chi connectivity index (χ4n) is 2.10. The van der Waals surface area contributed by atoms with Crippen LogP contribution in [-0.4, -0.2) is 32.3 Å². The third-order valence-corrected chi connectivity index (χ3v) is 3.50. The average molecular weight is 364 g/mol. The number of ether oxygens (including phenoxy) is 3. The van der Waals surface area contributed by atoms with E-state index in [1.807, 2.05) is 13.8 Å². The van der Waals surface area contributed by atoms with Crippen LogP contribution < -0.4 is 14.8 Å². The smallest absolute Gasteiger partial charge is 0.255 e. The SMILES string of the molecule is COCCOc1cccc(C(=O)Nc2ccc(OC(C)C)c(Cl)c2)c1. The number of amides is 1. The van der Waals surface area contributed by atoms with E-state index in [-0.39, 0.29) is 12.0 Å². The van der Waals surface area contributed by atoms with Crippen LogP contribution in [0.25, 0.3) is 0 Å². The van der Waals surface area contributed by atoms with Crippen molar-refractivity contribution in [3.05, 3.63) is 53.1 Å². The summed E-state index contributed by atoms with van der Waals surface area (Å²) in [5, 5.41) is 3.26. The predicted molar refractivity (Wildman–Crippen MR) is 99.0 cm³/mol. The largest absolute Gasteiger partial charge is 0.491 e. The molecule has 2 rings (SSSR count). The maximum Gasteiger partial charge on any atom is 0.255 e. The molecule has 0 saturated carbocycles. The number of nitrogens with one attached hydrogen (secondary N) is 1. The molecule has 0 aliphatic rings. The average Bonchev–Trinajstić information content (AvgIpc) is 2.57. The number of hydrogen-bond acceptors (Lipinski definition) is 4. The van der Waals surface area contributed by atoms with E-state index in [2.05, 4.69) is 5.32 Å². The topological polar surface area (TPSA) is 56.8 Å². The molecule has 5 nitrogen and oxygen atoms in total. The minimum absolute atomic E-state index is 0.0267. The molecule has 0 saturated heterocycles. The lowest BCUT2D eigenvalue weighted by Crippen LogP contribution is -2.12. The summed E-state index contributed by atoms with van der Waals surface area (Å²) >= 11 is 6.19. The second-order valence-corrected chi connectivity index (χ2v) is 6.04. The second-order valence-electron chi connectivity index (χ2n) is 5.64. The van der Waals surface area contributed by atoms with E-state index < -0.39 is 0 Å². The number of halogens is 1. The highest BCUT2D eigenvalue weighted by atomic mass is 35.5. The van der Waals surface area contributed by atoms with Crippen LogP contribution in [0.4, 0.5) is 5.69 Å². The summed E-state index contributed by atoms with van der Waals surface area (Å²) in [4.78, 5) is 12.4. The van der Waals surface area contributed by atoms with Crippen LogP contribution in [-0.2, 0) is 4.74 Å². The lowest BCUT2D eigenvalue weighted by molar-refractivity contribution is 0.102. The van der Waals surface area contributed by atoms with Crippen molar-refractivity contribution in [2.45, 2.75) is 20.0 Å². The Bertz CT molecular complexity index is 718. The summed E-state index contributed by atoms with van der Waals surface area (Å²) < 4.78 is 16.0. The van der Waals surface area contributed by atoms with Gasteiger partial charge in [-0.15, -0.1) is 0 Å². The molecular formula is C19H22ClNO4. The first-order valence-electron chi connectivity index (χ1n) is 7.99. The summed E-state index contributed by atoms with van der Waals surface area (Å²) in [6.45, 7) is 4.76. The molecular weight excluding hydrogens is 342 g/mol. The number of benzene rings is 2. The summed E-state index contributed by atoms with van der Waals surface area (Å²) in [6.07, 6.45) is 0.0267. The number of carbonyl (C=O) groups is 1. The first kappa shape index (κ1) is 19.1. The highest BCUT2D eigenvalue weighted by Crippen LogP contribution is 2.28. The molecule has 6 heteroatoms.